The van der Waals surface area contributed by atoms with E-state index in [0.29, 0.717) is 12.5 Å². The molecule has 1 aromatic carbocycles. The SMILES string of the molecule is CCNc1ccc([N+](=O)[O-])cc1COCC1CCCCC1. The number of nitrogens with one attached hydrogen (secondary N) is 1. The molecule has 0 saturated heterocycles. The predicted molar refractivity (Wildman–Crippen MR) is 83.5 cm³/mol. The van der Waals surface area contributed by atoms with Crippen molar-refractivity contribution >= 4 is 11.4 Å². The smallest absolute Gasteiger partial charge is 0.269 e. The Kier molecular flexibility index (Phi) is 5.99. The predicted octanol–water partition coefficient (Wildman–Crippen LogP) is 4.12. The maximum Gasteiger partial charge on any atom is 0.269 e. The van der Waals surface area contributed by atoms with Crippen molar-refractivity contribution < 1.29 is 9.66 Å². The van der Waals surface area contributed by atoms with E-state index in [1.165, 1.54) is 38.2 Å². The molecule has 0 aliphatic heterocycles. The number of anilines is 1. The Morgan fingerprint density at radius 1 is 1.33 bits per heavy atom. The molecule has 1 aliphatic carbocycles. The Morgan fingerprint density at radius 2 is 2.10 bits per heavy atom. The molecule has 0 radical (unpaired) electrons. The van der Waals surface area contributed by atoms with Crippen molar-refractivity contribution in [1.29, 1.82) is 0 Å². The monoisotopic (exact) mass is 292 g/mol. The fraction of sp³-hybridized carbons (Fsp3) is 0.625. The van der Waals surface area contributed by atoms with E-state index in [9.17, 15) is 10.1 Å². The second-order valence-corrected chi connectivity index (χ2v) is 5.65. The molecule has 0 spiro atoms. The largest absolute Gasteiger partial charge is 0.385 e. The summed E-state index contributed by atoms with van der Waals surface area (Å²) in [6.45, 7) is 3.98. The van der Waals surface area contributed by atoms with Gasteiger partial charge in [0, 0.05) is 36.5 Å². The van der Waals surface area contributed by atoms with Crippen LogP contribution in [0.1, 0.15) is 44.6 Å². The first-order valence-corrected chi connectivity index (χ1v) is 7.79. The molecule has 1 fully saturated rings. The second-order valence-electron chi connectivity index (χ2n) is 5.65. The van der Waals surface area contributed by atoms with Crippen LogP contribution in [0.4, 0.5) is 11.4 Å². The third-order valence-electron chi connectivity index (χ3n) is 4.00. The van der Waals surface area contributed by atoms with Gasteiger partial charge in [-0.1, -0.05) is 19.3 Å². The molecule has 5 heteroatoms. The molecule has 0 amide bonds. The molecule has 116 valence electrons. The lowest BCUT2D eigenvalue weighted by Crippen LogP contribution is -2.13. The number of nitro groups is 1. The van der Waals surface area contributed by atoms with Gasteiger partial charge in [-0.05, 0) is 31.7 Å². The Morgan fingerprint density at radius 3 is 2.76 bits per heavy atom. The molecule has 0 unspecified atom stereocenters. The Balaban J connectivity index is 1.95. The normalized spacial score (nSPS) is 15.9. The molecule has 1 aromatic rings. The molecule has 2 rings (SSSR count). The highest BCUT2D eigenvalue weighted by Gasteiger charge is 2.15. The number of nitro benzene ring substituents is 1. The highest BCUT2D eigenvalue weighted by atomic mass is 16.6. The standard InChI is InChI=1S/C16H24N2O3/c1-2-17-16-9-8-15(18(19)20)10-14(16)12-21-11-13-6-4-3-5-7-13/h8-10,13,17H,2-7,11-12H2,1H3. The van der Waals surface area contributed by atoms with Gasteiger partial charge in [-0.25, -0.2) is 0 Å². The van der Waals surface area contributed by atoms with Crippen molar-refractivity contribution in [3.8, 4) is 0 Å². The molecule has 5 nitrogen and oxygen atoms in total. The Labute approximate surface area is 125 Å². The number of benzene rings is 1. The molecular weight excluding hydrogens is 268 g/mol. The van der Waals surface area contributed by atoms with Gasteiger partial charge in [0.2, 0.25) is 0 Å². The Bertz CT molecular complexity index is 471. The molecule has 1 aliphatic rings. The summed E-state index contributed by atoms with van der Waals surface area (Å²) < 4.78 is 5.82. The van der Waals surface area contributed by atoms with Gasteiger partial charge in [0.05, 0.1) is 11.5 Å². The van der Waals surface area contributed by atoms with Crippen LogP contribution < -0.4 is 5.32 Å². The summed E-state index contributed by atoms with van der Waals surface area (Å²) in [7, 11) is 0. The zero-order valence-electron chi connectivity index (χ0n) is 12.6. The molecule has 21 heavy (non-hydrogen) atoms. The van der Waals surface area contributed by atoms with Gasteiger partial charge in [-0.2, -0.15) is 0 Å². The van der Waals surface area contributed by atoms with Crippen LogP contribution in [0.5, 0.6) is 0 Å². The number of ether oxygens (including phenoxy) is 1. The van der Waals surface area contributed by atoms with Crippen molar-refractivity contribution in [3.05, 3.63) is 33.9 Å². The molecular formula is C16H24N2O3. The van der Waals surface area contributed by atoms with Crippen molar-refractivity contribution in [3.63, 3.8) is 0 Å². The summed E-state index contributed by atoms with van der Waals surface area (Å²) >= 11 is 0. The molecule has 0 heterocycles. The van der Waals surface area contributed by atoms with Gasteiger partial charge < -0.3 is 10.1 Å². The van der Waals surface area contributed by atoms with Crippen LogP contribution in [0, 0.1) is 16.0 Å². The van der Waals surface area contributed by atoms with Crippen molar-refractivity contribution in [1.82, 2.24) is 0 Å². The summed E-state index contributed by atoms with van der Waals surface area (Å²) in [4.78, 5) is 10.5. The van der Waals surface area contributed by atoms with E-state index in [0.717, 1.165) is 24.4 Å². The number of hydrogen-bond acceptors (Lipinski definition) is 4. The van der Waals surface area contributed by atoms with E-state index in [1.807, 2.05) is 6.92 Å². The molecule has 0 atom stereocenters. The summed E-state index contributed by atoms with van der Waals surface area (Å²) in [5, 5.41) is 14.1. The number of rotatable bonds is 7. The topological polar surface area (TPSA) is 64.4 Å². The van der Waals surface area contributed by atoms with E-state index in [-0.39, 0.29) is 10.6 Å². The number of hydrogen-bond donors (Lipinski definition) is 1. The summed E-state index contributed by atoms with van der Waals surface area (Å²) in [5.74, 6) is 0.653. The first kappa shape index (κ1) is 15.8. The zero-order chi connectivity index (χ0) is 15.1. The molecule has 1 N–H and O–H groups in total. The zero-order valence-corrected chi connectivity index (χ0v) is 12.6. The van der Waals surface area contributed by atoms with Crippen molar-refractivity contribution in [2.75, 3.05) is 18.5 Å². The van der Waals surface area contributed by atoms with Gasteiger partial charge >= 0.3 is 0 Å². The van der Waals surface area contributed by atoms with Gasteiger partial charge in [-0.3, -0.25) is 10.1 Å². The van der Waals surface area contributed by atoms with Gasteiger partial charge in [0.15, 0.2) is 0 Å². The van der Waals surface area contributed by atoms with Crippen molar-refractivity contribution in [2.45, 2.75) is 45.6 Å². The van der Waals surface area contributed by atoms with Crippen LogP contribution in [0.3, 0.4) is 0 Å². The van der Waals surface area contributed by atoms with Crippen LogP contribution in [0.25, 0.3) is 0 Å². The van der Waals surface area contributed by atoms with Crippen LogP contribution >= 0.6 is 0 Å². The van der Waals surface area contributed by atoms with Crippen LogP contribution in [0.15, 0.2) is 18.2 Å². The van der Waals surface area contributed by atoms with Gasteiger partial charge in [0.1, 0.15) is 0 Å². The third-order valence-corrected chi connectivity index (χ3v) is 4.00. The van der Waals surface area contributed by atoms with Crippen LogP contribution in [0.2, 0.25) is 0 Å². The minimum Gasteiger partial charge on any atom is -0.385 e. The highest BCUT2D eigenvalue weighted by Crippen LogP contribution is 2.26. The van der Waals surface area contributed by atoms with E-state index < -0.39 is 0 Å². The minimum absolute atomic E-state index is 0.118. The fourth-order valence-corrected chi connectivity index (χ4v) is 2.87. The number of non-ortho nitro benzene ring substituents is 1. The average Bonchev–Trinajstić information content (AvgIpc) is 2.50. The summed E-state index contributed by atoms with van der Waals surface area (Å²) in [5.41, 5.74) is 1.90. The first-order chi connectivity index (χ1) is 10.2. The van der Waals surface area contributed by atoms with Gasteiger partial charge in [-0.15, -0.1) is 0 Å². The molecule has 0 aromatic heterocycles. The minimum atomic E-state index is -0.361. The van der Waals surface area contributed by atoms with Crippen LogP contribution in [-0.4, -0.2) is 18.1 Å². The fourth-order valence-electron chi connectivity index (χ4n) is 2.87. The lowest BCUT2D eigenvalue weighted by Gasteiger charge is -2.21. The maximum atomic E-state index is 10.9. The van der Waals surface area contributed by atoms with Crippen LogP contribution in [-0.2, 0) is 11.3 Å². The average molecular weight is 292 g/mol. The number of nitrogens with zero attached hydrogens (tertiary/aromatic N) is 1. The van der Waals surface area contributed by atoms with E-state index >= 15 is 0 Å². The lowest BCUT2D eigenvalue weighted by atomic mass is 9.90. The van der Waals surface area contributed by atoms with E-state index in [4.69, 9.17) is 4.74 Å². The second kappa shape index (κ2) is 7.98. The summed E-state index contributed by atoms with van der Waals surface area (Å²) in [6, 6.07) is 4.91. The molecule has 0 bridgehead atoms. The summed E-state index contributed by atoms with van der Waals surface area (Å²) in [6.07, 6.45) is 6.43. The Hall–Kier alpha value is -1.62. The first-order valence-electron chi connectivity index (χ1n) is 7.79. The lowest BCUT2D eigenvalue weighted by molar-refractivity contribution is -0.384. The van der Waals surface area contributed by atoms with E-state index in [2.05, 4.69) is 5.32 Å². The van der Waals surface area contributed by atoms with E-state index in [1.54, 1.807) is 12.1 Å². The van der Waals surface area contributed by atoms with Gasteiger partial charge in [0.25, 0.3) is 5.69 Å². The third kappa shape index (κ3) is 4.70. The quantitative estimate of drug-likeness (QED) is 0.606. The molecule has 1 saturated carbocycles. The van der Waals surface area contributed by atoms with Crippen molar-refractivity contribution in [2.24, 2.45) is 5.92 Å². The maximum absolute atomic E-state index is 10.9. The highest BCUT2D eigenvalue weighted by molar-refractivity contribution is 5.55.